The maximum absolute atomic E-state index is 13.0. The number of nitrogens with one attached hydrogen (secondary N) is 1. The molecule has 3 aromatic rings. The van der Waals surface area contributed by atoms with Gasteiger partial charge in [-0.05, 0) is 41.9 Å². The summed E-state index contributed by atoms with van der Waals surface area (Å²) in [5.74, 6) is 0.132. The summed E-state index contributed by atoms with van der Waals surface area (Å²) in [6.45, 7) is 0. The Labute approximate surface area is 145 Å². The summed E-state index contributed by atoms with van der Waals surface area (Å²) in [4.78, 5) is 0.540. The van der Waals surface area contributed by atoms with Crippen LogP contribution in [0, 0.1) is 4.77 Å². The molecule has 25 heavy (non-hydrogen) atoms. The molecule has 0 amide bonds. The first-order valence-corrected chi connectivity index (χ1v) is 7.87. The highest BCUT2D eigenvalue weighted by molar-refractivity contribution is 7.71. The van der Waals surface area contributed by atoms with Crippen molar-refractivity contribution in [2.24, 2.45) is 0 Å². The maximum Gasteiger partial charge on any atom is 0.416 e. The number of hydrogen-bond donors (Lipinski definition) is 1. The summed E-state index contributed by atoms with van der Waals surface area (Å²) in [6.07, 6.45) is -9.88. The number of aromatic nitrogens is 3. The highest BCUT2D eigenvalue weighted by Crippen LogP contribution is 2.38. The Morgan fingerprint density at radius 2 is 1.60 bits per heavy atom. The van der Waals surface area contributed by atoms with Crippen LogP contribution < -0.4 is 0 Å². The molecule has 0 aliphatic rings. The molecule has 11 heteroatoms. The summed E-state index contributed by atoms with van der Waals surface area (Å²) < 4.78 is 79.1. The molecule has 0 aliphatic heterocycles. The lowest BCUT2D eigenvalue weighted by Gasteiger charge is -2.15. The average molecular weight is 395 g/mol. The summed E-state index contributed by atoms with van der Waals surface area (Å²) >= 11 is 6.21. The van der Waals surface area contributed by atoms with Crippen LogP contribution in [0.2, 0.25) is 0 Å². The van der Waals surface area contributed by atoms with Gasteiger partial charge in [0.2, 0.25) is 0 Å². The highest BCUT2D eigenvalue weighted by Gasteiger charge is 2.37. The summed E-state index contributed by atoms with van der Waals surface area (Å²) in [6, 6.07) is 4.59. The van der Waals surface area contributed by atoms with Gasteiger partial charge < -0.3 is 0 Å². The van der Waals surface area contributed by atoms with Crippen LogP contribution in [0.15, 0.2) is 35.7 Å². The molecule has 0 spiro atoms. The Morgan fingerprint density at radius 3 is 2.08 bits per heavy atom. The molecule has 3 rings (SSSR count). The van der Waals surface area contributed by atoms with Crippen LogP contribution in [-0.2, 0) is 12.4 Å². The van der Waals surface area contributed by atoms with E-state index >= 15 is 0 Å². The van der Waals surface area contributed by atoms with Gasteiger partial charge in [0.15, 0.2) is 10.6 Å². The van der Waals surface area contributed by atoms with Crippen molar-refractivity contribution in [2.75, 3.05) is 0 Å². The predicted octanol–water partition coefficient (Wildman–Crippen LogP) is 5.70. The standard InChI is InChI=1S/C14H7F6N3S2/c15-13(16,17)7-4-8(14(18,19)20)6-9(5-7)23-11(21-22-12(23)24)10-2-1-3-25-10/h1-6H,(H,22,24). The Bertz CT molecular complexity index is 918. The number of benzene rings is 1. The smallest absolute Gasteiger partial charge is 0.267 e. The number of nitrogens with zero attached hydrogens (tertiary/aromatic N) is 2. The Hall–Kier alpha value is -2.14. The number of hydrogen-bond acceptors (Lipinski definition) is 3. The fraction of sp³-hybridized carbons (Fsp3) is 0.143. The number of H-pyrrole nitrogens is 1. The molecule has 0 saturated carbocycles. The number of thiophene rings is 1. The van der Waals surface area contributed by atoms with Crippen molar-refractivity contribution >= 4 is 23.6 Å². The molecule has 132 valence electrons. The van der Waals surface area contributed by atoms with E-state index in [4.69, 9.17) is 12.2 Å². The van der Waals surface area contributed by atoms with E-state index in [0.717, 1.165) is 4.57 Å². The highest BCUT2D eigenvalue weighted by atomic mass is 32.1. The number of halogens is 6. The van der Waals surface area contributed by atoms with Crippen LogP contribution in [-0.4, -0.2) is 14.8 Å². The van der Waals surface area contributed by atoms with E-state index in [1.807, 2.05) is 0 Å². The second-order valence-corrected chi connectivity index (χ2v) is 6.26. The SMILES string of the molecule is FC(F)(F)c1cc(-n2c(-c3cccs3)n[nH]c2=S)cc(C(F)(F)F)c1. The predicted molar refractivity (Wildman–Crippen MR) is 82.1 cm³/mol. The lowest BCUT2D eigenvalue weighted by molar-refractivity contribution is -0.143. The molecular formula is C14H7F6N3S2. The van der Waals surface area contributed by atoms with Crippen LogP contribution in [0.4, 0.5) is 26.3 Å². The molecule has 0 radical (unpaired) electrons. The first-order valence-electron chi connectivity index (χ1n) is 6.58. The van der Waals surface area contributed by atoms with Gasteiger partial charge in [0.25, 0.3) is 0 Å². The minimum atomic E-state index is -4.94. The summed E-state index contributed by atoms with van der Waals surface area (Å²) in [5, 5.41) is 8.01. The van der Waals surface area contributed by atoms with E-state index in [1.165, 1.54) is 11.3 Å². The second-order valence-electron chi connectivity index (χ2n) is 4.93. The molecule has 2 heterocycles. The van der Waals surface area contributed by atoms with Gasteiger partial charge in [0.05, 0.1) is 21.7 Å². The van der Waals surface area contributed by atoms with E-state index in [1.54, 1.807) is 17.5 Å². The van der Waals surface area contributed by atoms with Gasteiger partial charge >= 0.3 is 12.4 Å². The summed E-state index contributed by atoms with van der Waals surface area (Å²) in [7, 11) is 0. The molecule has 0 bridgehead atoms. The molecule has 1 aromatic carbocycles. The zero-order valence-electron chi connectivity index (χ0n) is 11.9. The molecule has 3 nitrogen and oxygen atoms in total. The molecule has 0 aliphatic carbocycles. The van der Waals surface area contributed by atoms with Crippen molar-refractivity contribution < 1.29 is 26.3 Å². The normalized spacial score (nSPS) is 12.6. The van der Waals surface area contributed by atoms with Crippen LogP contribution >= 0.6 is 23.6 Å². The topological polar surface area (TPSA) is 33.6 Å². The van der Waals surface area contributed by atoms with Crippen molar-refractivity contribution in [1.29, 1.82) is 0 Å². The van der Waals surface area contributed by atoms with Gasteiger partial charge in [-0.25, -0.2) is 0 Å². The zero-order valence-corrected chi connectivity index (χ0v) is 13.6. The van der Waals surface area contributed by atoms with Crippen molar-refractivity contribution in [3.63, 3.8) is 0 Å². The van der Waals surface area contributed by atoms with Gasteiger partial charge in [-0.1, -0.05) is 6.07 Å². The molecular weight excluding hydrogens is 388 g/mol. The van der Waals surface area contributed by atoms with Crippen LogP contribution in [0.1, 0.15) is 11.1 Å². The third-order valence-electron chi connectivity index (χ3n) is 3.24. The monoisotopic (exact) mass is 395 g/mol. The van der Waals surface area contributed by atoms with Crippen LogP contribution in [0.3, 0.4) is 0 Å². The van der Waals surface area contributed by atoms with E-state index in [2.05, 4.69) is 10.2 Å². The van der Waals surface area contributed by atoms with E-state index in [0.29, 0.717) is 17.0 Å². The second kappa shape index (κ2) is 5.99. The van der Waals surface area contributed by atoms with Gasteiger partial charge in [-0.15, -0.1) is 11.3 Å². The number of rotatable bonds is 2. The third kappa shape index (κ3) is 3.47. The molecule has 2 aromatic heterocycles. The largest absolute Gasteiger partial charge is 0.416 e. The van der Waals surface area contributed by atoms with E-state index < -0.39 is 23.5 Å². The minimum Gasteiger partial charge on any atom is -0.267 e. The van der Waals surface area contributed by atoms with Gasteiger partial charge in [-0.3, -0.25) is 9.67 Å². The van der Waals surface area contributed by atoms with Crippen molar-refractivity contribution in [3.05, 3.63) is 51.6 Å². The molecule has 0 fully saturated rings. The van der Waals surface area contributed by atoms with Crippen molar-refractivity contribution in [3.8, 4) is 16.4 Å². The fourth-order valence-electron chi connectivity index (χ4n) is 2.18. The summed E-state index contributed by atoms with van der Waals surface area (Å²) in [5.41, 5.74) is -3.21. The number of alkyl halides is 6. The van der Waals surface area contributed by atoms with Gasteiger partial charge in [-0.2, -0.15) is 31.4 Å². The minimum absolute atomic E-state index is 0.0675. The lowest BCUT2D eigenvalue weighted by Crippen LogP contribution is -2.12. The quantitative estimate of drug-likeness (QED) is 0.446. The Kier molecular flexibility index (Phi) is 4.23. The molecule has 1 N–H and O–H groups in total. The van der Waals surface area contributed by atoms with Crippen molar-refractivity contribution in [1.82, 2.24) is 14.8 Å². The third-order valence-corrected chi connectivity index (χ3v) is 4.38. The zero-order chi connectivity index (χ0) is 18.4. The maximum atomic E-state index is 13.0. The average Bonchev–Trinajstić information content (AvgIpc) is 3.14. The Morgan fingerprint density at radius 1 is 1.00 bits per heavy atom. The van der Waals surface area contributed by atoms with Crippen LogP contribution in [0.25, 0.3) is 16.4 Å². The van der Waals surface area contributed by atoms with E-state index in [9.17, 15) is 26.3 Å². The van der Waals surface area contributed by atoms with Crippen LogP contribution in [0.5, 0.6) is 0 Å². The van der Waals surface area contributed by atoms with Crippen molar-refractivity contribution in [2.45, 2.75) is 12.4 Å². The fourth-order valence-corrected chi connectivity index (χ4v) is 3.12. The first-order chi connectivity index (χ1) is 11.6. The van der Waals surface area contributed by atoms with Gasteiger partial charge in [0, 0.05) is 0 Å². The van der Waals surface area contributed by atoms with Gasteiger partial charge in [0.1, 0.15) is 0 Å². The lowest BCUT2D eigenvalue weighted by atomic mass is 10.1. The first kappa shape index (κ1) is 17.7. The Balaban J connectivity index is 2.28. The molecule has 0 atom stereocenters. The number of aromatic amines is 1. The molecule has 0 saturated heterocycles. The van der Waals surface area contributed by atoms with E-state index in [-0.39, 0.29) is 22.3 Å². The molecule has 0 unspecified atom stereocenters.